The van der Waals surface area contributed by atoms with E-state index < -0.39 is 0 Å². The van der Waals surface area contributed by atoms with Gasteiger partial charge in [0.15, 0.2) is 6.61 Å². The van der Waals surface area contributed by atoms with Gasteiger partial charge in [0.25, 0.3) is 5.91 Å². The Morgan fingerprint density at radius 1 is 1.30 bits per heavy atom. The van der Waals surface area contributed by atoms with Crippen LogP contribution in [0.3, 0.4) is 0 Å². The van der Waals surface area contributed by atoms with Crippen LogP contribution in [0.4, 0.5) is 0 Å². The van der Waals surface area contributed by atoms with Gasteiger partial charge in [0.1, 0.15) is 11.5 Å². The lowest BCUT2D eigenvalue weighted by atomic mass is 10.2. The molecule has 110 valence electrons. The third-order valence-corrected chi connectivity index (χ3v) is 3.50. The largest absolute Gasteiger partial charge is 0.497 e. The second-order valence-corrected chi connectivity index (χ2v) is 5.06. The van der Waals surface area contributed by atoms with Crippen LogP contribution in [0, 0.1) is 0 Å². The third-order valence-electron chi connectivity index (χ3n) is 3.50. The summed E-state index contributed by atoms with van der Waals surface area (Å²) in [5.41, 5.74) is 6.53. The SMILES string of the molecule is COc1cc(CN)cc(OCC(=O)NC2CCCC2)c1. The molecule has 5 heteroatoms. The Morgan fingerprint density at radius 3 is 2.65 bits per heavy atom. The number of rotatable bonds is 6. The van der Waals surface area contributed by atoms with Gasteiger partial charge in [-0.3, -0.25) is 4.79 Å². The fourth-order valence-electron chi connectivity index (χ4n) is 2.44. The summed E-state index contributed by atoms with van der Waals surface area (Å²) in [4.78, 5) is 11.8. The molecular formula is C15H22N2O3. The number of hydrogen-bond donors (Lipinski definition) is 2. The summed E-state index contributed by atoms with van der Waals surface area (Å²) in [6, 6.07) is 5.75. The lowest BCUT2D eigenvalue weighted by Gasteiger charge is -2.13. The minimum Gasteiger partial charge on any atom is -0.497 e. The Hall–Kier alpha value is -1.75. The molecule has 0 radical (unpaired) electrons. The minimum atomic E-state index is -0.0750. The maximum Gasteiger partial charge on any atom is 0.258 e. The van der Waals surface area contributed by atoms with E-state index in [4.69, 9.17) is 15.2 Å². The molecule has 1 aromatic carbocycles. The van der Waals surface area contributed by atoms with Gasteiger partial charge >= 0.3 is 0 Å². The van der Waals surface area contributed by atoms with Gasteiger partial charge in [-0.05, 0) is 30.5 Å². The lowest BCUT2D eigenvalue weighted by Crippen LogP contribution is -2.36. The molecule has 1 aliphatic carbocycles. The Balaban J connectivity index is 1.87. The predicted molar refractivity (Wildman–Crippen MR) is 76.8 cm³/mol. The van der Waals surface area contributed by atoms with E-state index in [0.717, 1.165) is 18.4 Å². The molecule has 1 aliphatic rings. The van der Waals surface area contributed by atoms with Crippen LogP contribution in [0.5, 0.6) is 11.5 Å². The standard InChI is InChI=1S/C15H22N2O3/c1-19-13-6-11(9-16)7-14(8-13)20-10-15(18)17-12-4-2-3-5-12/h6-8,12H,2-5,9-10,16H2,1H3,(H,17,18). The zero-order chi connectivity index (χ0) is 14.4. The monoisotopic (exact) mass is 278 g/mol. The van der Waals surface area contributed by atoms with E-state index in [9.17, 15) is 4.79 Å². The number of nitrogens with two attached hydrogens (primary N) is 1. The summed E-state index contributed by atoms with van der Waals surface area (Å²) in [6.07, 6.45) is 4.54. The molecule has 0 atom stereocenters. The van der Waals surface area contributed by atoms with Crippen molar-refractivity contribution in [3.05, 3.63) is 23.8 Å². The van der Waals surface area contributed by atoms with E-state index in [1.54, 1.807) is 13.2 Å². The molecule has 5 nitrogen and oxygen atoms in total. The van der Waals surface area contributed by atoms with E-state index in [0.29, 0.717) is 24.1 Å². The average Bonchev–Trinajstić information content (AvgIpc) is 2.97. The Morgan fingerprint density at radius 2 is 2.00 bits per heavy atom. The van der Waals surface area contributed by atoms with Crippen molar-refractivity contribution in [1.82, 2.24) is 5.32 Å². The van der Waals surface area contributed by atoms with E-state index in [2.05, 4.69) is 5.32 Å². The molecule has 3 N–H and O–H groups in total. The minimum absolute atomic E-state index is 0.0215. The number of carbonyl (C=O) groups is 1. The van der Waals surface area contributed by atoms with E-state index in [1.165, 1.54) is 12.8 Å². The predicted octanol–water partition coefficient (Wildman–Crippen LogP) is 1.59. The lowest BCUT2D eigenvalue weighted by molar-refractivity contribution is -0.123. The van der Waals surface area contributed by atoms with Crippen molar-refractivity contribution in [2.45, 2.75) is 38.3 Å². The van der Waals surface area contributed by atoms with Crippen LogP contribution in [0.25, 0.3) is 0 Å². The van der Waals surface area contributed by atoms with Crippen LogP contribution in [0.2, 0.25) is 0 Å². The molecule has 0 heterocycles. The Bertz CT molecular complexity index is 434. The first kappa shape index (κ1) is 14.7. The second-order valence-electron chi connectivity index (χ2n) is 5.06. The fourth-order valence-corrected chi connectivity index (χ4v) is 2.44. The van der Waals surface area contributed by atoms with E-state index in [1.807, 2.05) is 12.1 Å². The summed E-state index contributed by atoms with van der Waals surface area (Å²) in [5, 5.41) is 2.99. The first-order valence-electron chi connectivity index (χ1n) is 7.01. The second kappa shape index (κ2) is 7.14. The number of ether oxygens (including phenoxy) is 2. The highest BCUT2D eigenvalue weighted by Gasteiger charge is 2.17. The maximum absolute atomic E-state index is 11.8. The van der Waals surface area contributed by atoms with Crippen LogP contribution >= 0.6 is 0 Å². The maximum atomic E-state index is 11.8. The van der Waals surface area contributed by atoms with Crippen molar-refractivity contribution in [2.75, 3.05) is 13.7 Å². The van der Waals surface area contributed by atoms with Gasteiger partial charge in [-0.15, -0.1) is 0 Å². The van der Waals surface area contributed by atoms with Gasteiger partial charge in [-0.25, -0.2) is 0 Å². The number of benzene rings is 1. The van der Waals surface area contributed by atoms with Gasteiger partial charge in [0, 0.05) is 18.7 Å². The van der Waals surface area contributed by atoms with Gasteiger partial charge in [-0.2, -0.15) is 0 Å². The van der Waals surface area contributed by atoms with Crippen LogP contribution in [-0.2, 0) is 11.3 Å². The van der Waals surface area contributed by atoms with E-state index >= 15 is 0 Å². The normalized spacial score (nSPS) is 15.1. The molecule has 1 aromatic rings. The van der Waals surface area contributed by atoms with Crippen molar-refractivity contribution in [1.29, 1.82) is 0 Å². The summed E-state index contributed by atoms with van der Waals surface area (Å²) >= 11 is 0. The highest BCUT2D eigenvalue weighted by Crippen LogP contribution is 2.22. The van der Waals surface area contributed by atoms with Crippen molar-refractivity contribution in [3.63, 3.8) is 0 Å². The van der Waals surface area contributed by atoms with Crippen LogP contribution in [0.1, 0.15) is 31.2 Å². The number of nitrogens with one attached hydrogen (secondary N) is 1. The summed E-state index contributed by atoms with van der Waals surface area (Å²) in [6.45, 7) is 0.426. The molecule has 0 unspecified atom stereocenters. The number of methoxy groups -OCH3 is 1. The molecule has 0 saturated heterocycles. The van der Waals surface area contributed by atoms with Crippen molar-refractivity contribution < 1.29 is 14.3 Å². The Kier molecular flexibility index (Phi) is 5.24. The molecule has 0 aromatic heterocycles. The summed E-state index contributed by atoms with van der Waals surface area (Å²) in [5.74, 6) is 1.21. The van der Waals surface area contributed by atoms with Crippen molar-refractivity contribution in [2.24, 2.45) is 5.73 Å². The molecule has 2 rings (SSSR count). The van der Waals surface area contributed by atoms with Gasteiger partial charge in [-0.1, -0.05) is 12.8 Å². The van der Waals surface area contributed by atoms with Crippen molar-refractivity contribution in [3.8, 4) is 11.5 Å². The highest BCUT2D eigenvalue weighted by molar-refractivity contribution is 5.77. The zero-order valence-electron chi connectivity index (χ0n) is 11.9. The molecular weight excluding hydrogens is 256 g/mol. The number of amides is 1. The zero-order valence-corrected chi connectivity index (χ0v) is 11.9. The van der Waals surface area contributed by atoms with Crippen LogP contribution in [0.15, 0.2) is 18.2 Å². The number of carbonyl (C=O) groups excluding carboxylic acids is 1. The third kappa shape index (κ3) is 4.13. The molecule has 0 bridgehead atoms. The van der Waals surface area contributed by atoms with Gasteiger partial charge in [0.05, 0.1) is 7.11 Å². The van der Waals surface area contributed by atoms with Crippen molar-refractivity contribution >= 4 is 5.91 Å². The van der Waals surface area contributed by atoms with Crippen LogP contribution < -0.4 is 20.5 Å². The fraction of sp³-hybridized carbons (Fsp3) is 0.533. The number of hydrogen-bond acceptors (Lipinski definition) is 4. The van der Waals surface area contributed by atoms with Gasteiger partial charge in [0.2, 0.25) is 0 Å². The molecule has 0 aliphatic heterocycles. The Labute approximate surface area is 119 Å². The first-order valence-corrected chi connectivity index (χ1v) is 7.01. The quantitative estimate of drug-likeness (QED) is 0.829. The van der Waals surface area contributed by atoms with Crippen LogP contribution in [-0.4, -0.2) is 25.7 Å². The molecule has 1 saturated carbocycles. The summed E-state index contributed by atoms with van der Waals surface area (Å²) < 4.78 is 10.7. The smallest absolute Gasteiger partial charge is 0.258 e. The molecule has 0 spiro atoms. The van der Waals surface area contributed by atoms with Gasteiger partial charge < -0.3 is 20.5 Å². The summed E-state index contributed by atoms with van der Waals surface area (Å²) in [7, 11) is 1.59. The van der Waals surface area contributed by atoms with E-state index in [-0.39, 0.29) is 12.5 Å². The molecule has 20 heavy (non-hydrogen) atoms. The molecule has 1 amide bonds. The average molecular weight is 278 g/mol. The topological polar surface area (TPSA) is 73.6 Å². The molecule has 1 fully saturated rings. The first-order chi connectivity index (χ1) is 9.71. The highest BCUT2D eigenvalue weighted by atomic mass is 16.5.